The molecule has 1 atom stereocenters. The van der Waals surface area contributed by atoms with Crippen LogP contribution in [0.2, 0.25) is 5.02 Å². The Balaban J connectivity index is 1.81. The molecule has 2 rings (SSSR count). The minimum absolute atomic E-state index is 0.125. The van der Waals surface area contributed by atoms with Crippen LogP contribution in [0.15, 0.2) is 42.5 Å². The number of rotatable bonds is 6. The fourth-order valence-corrected chi connectivity index (χ4v) is 2.50. The SMILES string of the molecule is Cc1ccc(NC(=O)C[NH+](C)CC(=O)Nc2ccc(Cl)cc2)cc1C. The van der Waals surface area contributed by atoms with E-state index in [1.807, 2.05) is 32.0 Å². The predicted molar refractivity (Wildman–Crippen MR) is 101 cm³/mol. The van der Waals surface area contributed by atoms with Crippen LogP contribution in [0.4, 0.5) is 11.4 Å². The number of aryl methyl sites for hydroxylation is 2. The number of anilines is 2. The van der Waals surface area contributed by atoms with E-state index in [0.717, 1.165) is 16.2 Å². The molecular formula is C19H23ClN3O2+. The summed E-state index contributed by atoms with van der Waals surface area (Å²) in [6, 6.07) is 12.7. The molecule has 1 unspecified atom stereocenters. The molecule has 132 valence electrons. The van der Waals surface area contributed by atoms with Crippen LogP contribution in [-0.4, -0.2) is 32.0 Å². The molecule has 3 N–H and O–H groups in total. The molecule has 0 bridgehead atoms. The van der Waals surface area contributed by atoms with Crippen molar-refractivity contribution in [2.45, 2.75) is 13.8 Å². The van der Waals surface area contributed by atoms with Crippen molar-refractivity contribution < 1.29 is 14.5 Å². The van der Waals surface area contributed by atoms with E-state index in [-0.39, 0.29) is 24.9 Å². The van der Waals surface area contributed by atoms with Crippen LogP contribution < -0.4 is 15.5 Å². The quantitative estimate of drug-likeness (QED) is 0.738. The lowest BCUT2D eigenvalue weighted by molar-refractivity contribution is -0.862. The van der Waals surface area contributed by atoms with Crippen molar-refractivity contribution in [3.05, 3.63) is 58.6 Å². The van der Waals surface area contributed by atoms with E-state index in [1.54, 1.807) is 31.3 Å². The number of benzene rings is 2. The summed E-state index contributed by atoms with van der Waals surface area (Å²) in [6.45, 7) is 4.44. The molecule has 25 heavy (non-hydrogen) atoms. The number of amides is 2. The summed E-state index contributed by atoms with van der Waals surface area (Å²) in [5, 5.41) is 6.27. The lowest BCUT2D eigenvalue weighted by atomic mass is 10.1. The van der Waals surface area contributed by atoms with Crippen molar-refractivity contribution in [1.29, 1.82) is 0 Å². The zero-order chi connectivity index (χ0) is 18.4. The van der Waals surface area contributed by atoms with Gasteiger partial charge in [-0.05, 0) is 61.4 Å². The molecular weight excluding hydrogens is 338 g/mol. The van der Waals surface area contributed by atoms with Crippen LogP contribution in [0.25, 0.3) is 0 Å². The highest BCUT2D eigenvalue weighted by molar-refractivity contribution is 6.30. The molecule has 0 radical (unpaired) electrons. The first-order chi connectivity index (χ1) is 11.8. The molecule has 5 nitrogen and oxygen atoms in total. The van der Waals surface area contributed by atoms with E-state index in [0.29, 0.717) is 10.7 Å². The summed E-state index contributed by atoms with van der Waals surface area (Å²) >= 11 is 5.81. The Kier molecular flexibility index (Phi) is 6.56. The molecule has 2 aromatic rings. The van der Waals surface area contributed by atoms with Crippen LogP contribution in [0.5, 0.6) is 0 Å². The highest BCUT2D eigenvalue weighted by Gasteiger charge is 2.14. The third kappa shape index (κ3) is 6.21. The first-order valence-corrected chi connectivity index (χ1v) is 8.45. The Morgan fingerprint density at radius 2 is 1.40 bits per heavy atom. The maximum atomic E-state index is 12.1. The molecule has 2 aromatic carbocycles. The second kappa shape index (κ2) is 8.65. The molecule has 0 fully saturated rings. The van der Waals surface area contributed by atoms with Gasteiger partial charge in [-0.1, -0.05) is 17.7 Å². The molecule has 0 spiro atoms. The van der Waals surface area contributed by atoms with Crippen molar-refractivity contribution >= 4 is 34.8 Å². The van der Waals surface area contributed by atoms with Crippen molar-refractivity contribution in [2.24, 2.45) is 0 Å². The summed E-state index contributed by atoms with van der Waals surface area (Å²) in [5.74, 6) is -0.279. The Morgan fingerprint density at radius 3 is 1.96 bits per heavy atom. The molecule has 0 aliphatic carbocycles. The molecule has 6 heteroatoms. The summed E-state index contributed by atoms with van der Waals surface area (Å²) in [4.78, 5) is 25.0. The molecule has 2 amide bonds. The van der Waals surface area contributed by atoms with Gasteiger partial charge in [0, 0.05) is 16.4 Å². The number of carbonyl (C=O) groups is 2. The van der Waals surface area contributed by atoms with Gasteiger partial charge in [-0.2, -0.15) is 0 Å². The number of nitrogens with one attached hydrogen (secondary N) is 3. The van der Waals surface area contributed by atoms with Gasteiger partial charge in [0.25, 0.3) is 11.8 Å². The number of hydrogen-bond donors (Lipinski definition) is 3. The zero-order valence-corrected chi connectivity index (χ0v) is 15.4. The van der Waals surface area contributed by atoms with E-state index < -0.39 is 0 Å². The fraction of sp³-hybridized carbons (Fsp3) is 0.263. The van der Waals surface area contributed by atoms with Crippen LogP contribution in [-0.2, 0) is 9.59 Å². The topological polar surface area (TPSA) is 62.6 Å². The van der Waals surface area contributed by atoms with Crippen molar-refractivity contribution in [3.8, 4) is 0 Å². The molecule has 0 aliphatic rings. The normalized spacial score (nSPS) is 11.7. The van der Waals surface area contributed by atoms with Gasteiger partial charge < -0.3 is 15.5 Å². The van der Waals surface area contributed by atoms with Gasteiger partial charge in [0.15, 0.2) is 13.1 Å². The first-order valence-electron chi connectivity index (χ1n) is 8.07. The summed E-state index contributed by atoms with van der Waals surface area (Å²) in [6.07, 6.45) is 0. The Labute approximate surface area is 153 Å². The smallest absolute Gasteiger partial charge is 0.279 e. The standard InChI is InChI=1S/C19H22ClN3O2/c1-13-4-7-17(10-14(13)2)22-19(25)12-23(3)11-18(24)21-16-8-5-15(20)6-9-16/h4-10H,11-12H2,1-3H3,(H,21,24)(H,22,25)/p+1. The maximum absolute atomic E-state index is 12.1. The average molecular weight is 361 g/mol. The maximum Gasteiger partial charge on any atom is 0.279 e. The van der Waals surface area contributed by atoms with Crippen molar-refractivity contribution in [3.63, 3.8) is 0 Å². The lowest BCUT2D eigenvalue weighted by Crippen LogP contribution is -3.11. The molecule has 0 saturated heterocycles. The van der Waals surface area contributed by atoms with Crippen LogP contribution in [0.1, 0.15) is 11.1 Å². The van der Waals surface area contributed by atoms with E-state index in [1.165, 1.54) is 5.56 Å². The second-order valence-corrected chi connectivity index (χ2v) is 6.65. The number of quaternary nitrogens is 1. The lowest BCUT2D eigenvalue weighted by Gasteiger charge is -2.14. The van der Waals surface area contributed by atoms with Crippen LogP contribution >= 0.6 is 11.6 Å². The second-order valence-electron chi connectivity index (χ2n) is 6.21. The van der Waals surface area contributed by atoms with E-state index in [2.05, 4.69) is 10.6 Å². The highest BCUT2D eigenvalue weighted by atomic mass is 35.5. The van der Waals surface area contributed by atoms with Gasteiger partial charge in [0.1, 0.15) is 0 Å². The van der Waals surface area contributed by atoms with Gasteiger partial charge in [0.05, 0.1) is 7.05 Å². The van der Waals surface area contributed by atoms with E-state index in [4.69, 9.17) is 11.6 Å². The zero-order valence-electron chi connectivity index (χ0n) is 14.7. The summed E-state index contributed by atoms with van der Waals surface area (Å²) < 4.78 is 0. The van der Waals surface area contributed by atoms with Crippen LogP contribution in [0.3, 0.4) is 0 Å². The molecule has 0 saturated carbocycles. The minimum atomic E-state index is -0.154. The molecule has 0 heterocycles. The molecule has 0 aromatic heterocycles. The number of hydrogen-bond acceptors (Lipinski definition) is 2. The Bertz CT molecular complexity index is 760. The van der Waals surface area contributed by atoms with Gasteiger partial charge in [-0.3, -0.25) is 9.59 Å². The minimum Gasteiger partial charge on any atom is -0.322 e. The van der Waals surface area contributed by atoms with E-state index >= 15 is 0 Å². The van der Waals surface area contributed by atoms with Gasteiger partial charge in [0.2, 0.25) is 0 Å². The first kappa shape index (κ1) is 19.0. The van der Waals surface area contributed by atoms with Crippen molar-refractivity contribution in [1.82, 2.24) is 0 Å². The monoisotopic (exact) mass is 360 g/mol. The summed E-state index contributed by atoms with van der Waals surface area (Å²) in [5.41, 5.74) is 3.76. The number of halogens is 1. The summed E-state index contributed by atoms with van der Waals surface area (Å²) in [7, 11) is 1.81. The average Bonchev–Trinajstić information content (AvgIpc) is 2.52. The molecule has 0 aliphatic heterocycles. The number of carbonyl (C=O) groups excluding carboxylic acids is 2. The predicted octanol–water partition coefficient (Wildman–Crippen LogP) is 2.05. The fourth-order valence-electron chi connectivity index (χ4n) is 2.37. The largest absolute Gasteiger partial charge is 0.322 e. The van der Waals surface area contributed by atoms with Gasteiger partial charge in [-0.15, -0.1) is 0 Å². The van der Waals surface area contributed by atoms with Crippen LogP contribution in [0, 0.1) is 13.8 Å². The van der Waals surface area contributed by atoms with Gasteiger partial charge in [-0.25, -0.2) is 0 Å². The highest BCUT2D eigenvalue weighted by Crippen LogP contribution is 2.14. The van der Waals surface area contributed by atoms with Gasteiger partial charge >= 0.3 is 0 Å². The third-order valence-electron chi connectivity index (χ3n) is 3.84. The third-order valence-corrected chi connectivity index (χ3v) is 4.10. The Hall–Kier alpha value is -2.37. The number of likely N-dealkylation sites (N-methyl/N-ethyl adjacent to an activating group) is 1. The van der Waals surface area contributed by atoms with Crippen molar-refractivity contribution in [2.75, 3.05) is 30.8 Å². The van der Waals surface area contributed by atoms with E-state index in [9.17, 15) is 9.59 Å². The Morgan fingerprint density at radius 1 is 0.880 bits per heavy atom.